The van der Waals surface area contributed by atoms with E-state index in [2.05, 4.69) is 88.2 Å². The number of hydrogen-bond donors (Lipinski definition) is 4. The van der Waals surface area contributed by atoms with Crippen LogP contribution in [-0.4, -0.2) is 32.0 Å². The number of fused-ring (bicyclic) bond motifs is 7. The normalized spacial score (nSPS) is 32.8. The highest BCUT2D eigenvalue weighted by Crippen LogP contribution is 2.59. The molecule has 6 aliphatic rings. The molecule has 8 atom stereocenters. The van der Waals surface area contributed by atoms with Crippen LogP contribution in [0.2, 0.25) is 0 Å². The summed E-state index contributed by atoms with van der Waals surface area (Å²) in [4.78, 5) is 16.8. The molecule has 6 heteroatoms. The van der Waals surface area contributed by atoms with Crippen LogP contribution in [0.4, 0.5) is 0 Å². The van der Waals surface area contributed by atoms with Crippen LogP contribution in [0, 0.1) is 11.3 Å². The van der Waals surface area contributed by atoms with Gasteiger partial charge in [0.2, 0.25) is 0 Å². The second kappa shape index (κ2) is 9.30. The fourth-order valence-electron chi connectivity index (χ4n) is 9.87. The van der Waals surface area contributed by atoms with Gasteiger partial charge in [0.15, 0.2) is 0 Å². The van der Waals surface area contributed by atoms with E-state index in [-0.39, 0.29) is 0 Å². The lowest BCUT2D eigenvalue weighted by Crippen LogP contribution is -2.18. The van der Waals surface area contributed by atoms with Gasteiger partial charge in [-0.1, -0.05) is 67.6 Å². The molecule has 4 aliphatic carbocycles. The molecule has 6 nitrogen and oxygen atoms in total. The molecule has 46 heavy (non-hydrogen) atoms. The van der Waals surface area contributed by atoms with E-state index in [0.717, 1.165) is 35.0 Å². The van der Waals surface area contributed by atoms with Gasteiger partial charge in [0.1, 0.15) is 11.6 Å². The lowest BCUT2D eigenvalue weighted by atomic mass is 9.81. The smallest absolute Gasteiger partial charge is 0.123 e. The van der Waals surface area contributed by atoms with E-state index in [4.69, 9.17) is 9.97 Å². The topological polar surface area (TPSA) is 81.4 Å². The van der Waals surface area contributed by atoms with Crippen molar-refractivity contribution in [2.45, 2.75) is 87.9 Å². The maximum atomic E-state index is 4.77. The summed E-state index contributed by atoms with van der Waals surface area (Å²) >= 11 is 0. The largest absolute Gasteiger partial charge is 0.341 e. The first-order chi connectivity index (χ1) is 22.6. The Hall–Kier alpha value is -4.00. The van der Waals surface area contributed by atoms with Crippen molar-refractivity contribution in [1.29, 1.82) is 0 Å². The first kappa shape index (κ1) is 26.1. The van der Waals surface area contributed by atoms with E-state index in [1.54, 1.807) is 11.1 Å². The van der Waals surface area contributed by atoms with Crippen LogP contribution in [0.5, 0.6) is 0 Å². The number of imidazole rings is 2. The van der Waals surface area contributed by atoms with Crippen molar-refractivity contribution in [2.75, 3.05) is 0 Å². The number of benzene rings is 3. The Kier molecular flexibility index (Phi) is 5.28. The van der Waals surface area contributed by atoms with Crippen LogP contribution >= 0.6 is 0 Å². The number of aromatic amines is 2. The molecule has 8 unspecified atom stereocenters. The quantitative estimate of drug-likeness (QED) is 0.157. The molecular formula is C40H40N6. The zero-order valence-electron chi connectivity index (χ0n) is 26.3. The summed E-state index contributed by atoms with van der Waals surface area (Å²) in [5.74, 6) is 4.39. The monoisotopic (exact) mass is 604 g/mol. The third-order valence-corrected chi connectivity index (χ3v) is 12.7. The van der Waals surface area contributed by atoms with Crippen molar-refractivity contribution in [3.05, 3.63) is 95.8 Å². The summed E-state index contributed by atoms with van der Waals surface area (Å²) in [6, 6.07) is 25.3. The molecule has 2 aromatic heterocycles. The van der Waals surface area contributed by atoms with Crippen LogP contribution < -0.4 is 10.6 Å². The number of nitrogens with zero attached hydrogens (tertiary/aromatic N) is 2. The summed E-state index contributed by atoms with van der Waals surface area (Å²) in [5.41, 5.74) is 13.8. The molecule has 0 amide bonds. The van der Waals surface area contributed by atoms with Gasteiger partial charge in [-0.15, -0.1) is 0 Å². The van der Waals surface area contributed by atoms with Crippen molar-refractivity contribution in [2.24, 2.45) is 11.3 Å². The maximum Gasteiger partial charge on any atom is 0.123 e. The number of piperidine rings is 2. The van der Waals surface area contributed by atoms with E-state index in [0.29, 0.717) is 35.4 Å². The number of rotatable bonds is 6. The van der Waals surface area contributed by atoms with E-state index < -0.39 is 0 Å². The zero-order chi connectivity index (χ0) is 30.1. The molecule has 2 aliphatic heterocycles. The summed E-state index contributed by atoms with van der Waals surface area (Å²) in [6.07, 6.45) is 13.0. The van der Waals surface area contributed by atoms with Gasteiger partial charge < -0.3 is 20.6 Å². The number of aromatic nitrogens is 4. The number of H-pyrrole nitrogens is 2. The van der Waals surface area contributed by atoms with Crippen LogP contribution in [0.15, 0.2) is 73.1 Å². The molecular weight excluding hydrogens is 564 g/mol. The number of nitrogens with one attached hydrogen (secondary N) is 4. The average Bonchev–Trinajstić information content (AvgIpc) is 3.65. The minimum atomic E-state index is 0.354. The molecule has 3 aromatic carbocycles. The molecule has 0 spiro atoms. The Bertz CT molecular complexity index is 1990. The third kappa shape index (κ3) is 3.96. The maximum absolute atomic E-state index is 4.77. The SMILES string of the molecule is CC12CC(c3ncc(-c4ccc(-c5ccc(-c6ccc(-c7cnc(C8CC9CC9N8)[nH]7)cc6)c6c5C5CCC6C5)cc4)[nH]3)NC1C2. The first-order valence-electron chi connectivity index (χ1n) is 17.6. The van der Waals surface area contributed by atoms with E-state index in [1.165, 1.54) is 78.3 Å². The molecule has 4 heterocycles. The Balaban J connectivity index is 0.870. The summed E-state index contributed by atoms with van der Waals surface area (Å²) in [5, 5.41) is 7.47. The molecule has 5 aromatic rings. The highest BCUT2D eigenvalue weighted by Gasteiger charge is 2.57. The highest BCUT2D eigenvalue weighted by atomic mass is 15.1. The minimum absolute atomic E-state index is 0.354. The summed E-state index contributed by atoms with van der Waals surface area (Å²) < 4.78 is 0. The summed E-state index contributed by atoms with van der Waals surface area (Å²) in [7, 11) is 0. The molecule has 11 rings (SSSR count). The second-order valence-corrected chi connectivity index (χ2v) is 15.6. The zero-order valence-corrected chi connectivity index (χ0v) is 26.3. The van der Waals surface area contributed by atoms with Gasteiger partial charge in [-0.3, -0.25) is 0 Å². The third-order valence-electron chi connectivity index (χ3n) is 12.7. The van der Waals surface area contributed by atoms with Gasteiger partial charge in [-0.25, -0.2) is 9.97 Å². The highest BCUT2D eigenvalue weighted by molar-refractivity contribution is 5.82. The summed E-state index contributed by atoms with van der Waals surface area (Å²) in [6.45, 7) is 2.39. The minimum Gasteiger partial charge on any atom is -0.341 e. The Morgan fingerprint density at radius 3 is 1.70 bits per heavy atom. The molecule has 2 saturated heterocycles. The molecule has 230 valence electrons. The predicted molar refractivity (Wildman–Crippen MR) is 181 cm³/mol. The predicted octanol–water partition coefficient (Wildman–Crippen LogP) is 8.40. The molecule has 3 saturated carbocycles. The average molecular weight is 605 g/mol. The van der Waals surface area contributed by atoms with Crippen LogP contribution in [0.25, 0.3) is 44.8 Å². The van der Waals surface area contributed by atoms with Gasteiger partial charge in [0.05, 0.1) is 35.9 Å². The van der Waals surface area contributed by atoms with Crippen molar-refractivity contribution in [3.63, 3.8) is 0 Å². The van der Waals surface area contributed by atoms with Gasteiger partial charge in [-0.2, -0.15) is 0 Å². The van der Waals surface area contributed by atoms with Crippen molar-refractivity contribution in [3.8, 4) is 44.8 Å². The van der Waals surface area contributed by atoms with Crippen LogP contribution in [0.1, 0.15) is 98.6 Å². The Morgan fingerprint density at radius 1 is 0.609 bits per heavy atom. The first-order valence-corrected chi connectivity index (χ1v) is 17.6. The fourth-order valence-corrected chi connectivity index (χ4v) is 9.87. The van der Waals surface area contributed by atoms with Gasteiger partial charge in [-0.05, 0) is 113 Å². The van der Waals surface area contributed by atoms with Crippen molar-refractivity contribution < 1.29 is 0 Å². The fraction of sp³-hybridized carbons (Fsp3) is 0.400. The van der Waals surface area contributed by atoms with Crippen molar-refractivity contribution in [1.82, 2.24) is 30.6 Å². The van der Waals surface area contributed by atoms with E-state index in [1.807, 2.05) is 12.4 Å². The lowest BCUT2D eigenvalue weighted by Gasteiger charge is -2.23. The molecule has 0 radical (unpaired) electrons. The standard InChI is InChI=1S/C40H40N6/c1-40-17-32(44-35(40)18-40)39-42-20-34(46-39)24-8-4-22(5-9-24)29-13-12-28(36-25-10-11-26(14-25)37(29)36)21-2-6-23(7-3-21)33-19-41-38(45-33)31-16-27-15-30(27)43-31/h2-9,12-13,19-20,25-27,30-32,35,43-44H,10-11,14-18H2,1H3,(H,41,45)(H,42,46). The van der Waals surface area contributed by atoms with Crippen LogP contribution in [0.3, 0.4) is 0 Å². The molecule has 2 bridgehead atoms. The lowest BCUT2D eigenvalue weighted by molar-refractivity contribution is 0.488. The number of hydrogen-bond acceptors (Lipinski definition) is 4. The van der Waals surface area contributed by atoms with Crippen molar-refractivity contribution >= 4 is 0 Å². The van der Waals surface area contributed by atoms with Gasteiger partial charge >= 0.3 is 0 Å². The molecule has 5 fully saturated rings. The Morgan fingerprint density at radius 2 is 1.17 bits per heavy atom. The van der Waals surface area contributed by atoms with Gasteiger partial charge in [0, 0.05) is 12.1 Å². The van der Waals surface area contributed by atoms with Crippen LogP contribution in [-0.2, 0) is 0 Å². The van der Waals surface area contributed by atoms with Gasteiger partial charge in [0.25, 0.3) is 0 Å². The second-order valence-electron chi connectivity index (χ2n) is 15.6. The van der Waals surface area contributed by atoms with E-state index >= 15 is 0 Å². The Labute approximate surface area is 269 Å². The molecule has 4 N–H and O–H groups in total. The van der Waals surface area contributed by atoms with E-state index in [9.17, 15) is 0 Å².